The summed E-state index contributed by atoms with van der Waals surface area (Å²) >= 11 is 0. The molecule has 2 amide bonds. The lowest BCUT2D eigenvalue weighted by Gasteiger charge is -2.69. The van der Waals surface area contributed by atoms with Crippen LogP contribution in [0.25, 0.3) is 0 Å². The zero-order valence-electron chi connectivity index (χ0n) is 32.3. The molecule has 2 aromatic carbocycles. The van der Waals surface area contributed by atoms with Gasteiger partial charge < -0.3 is 15.7 Å². The van der Waals surface area contributed by atoms with Crippen molar-refractivity contribution in [3.63, 3.8) is 0 Å². The standard InChI is InChI=1S/C46H62N2O4/c1-29(2)34-15-21-46(25-40(51)47-26-31-10-8-12-33(24-31)42(52)48-27-30-9-7-11-32(23-30)28-49)22-16-36-35(41(34)46)13-14-38-44(36,5)19-17-37-43(3,4)39(50)18-20-45(37,38)6/h7-12,23-24,28,34-39,41,50H,1,13-22,25-27H2,2-6H3,(H,47,51)(H,48,52). The van der Waals surface area contributed by atoms with E-state index >= 15 is 0 Å². The quantitative estimate of drug-likeness (QED) is 0.179. The molecule has 0 saturated heterocycles. The molecule has 0 bridgehead atoms. The van der Waals surface area contributed by atoms with E-state index in [-0.39, 0.29) is 34.2 Å². The van der Waals surface area contributed by atoms with Crippen LogP contribution in [0.2, 0.25) is 0 Å². The van der Waals surface area contributed by atoms with E-state index in [2.05, 4.69) is 51.8 Å². The van der Waals surface area contributed by atoms with E-state index in [1.807, 2.05) is 30.3 Å². The molecule has 0 aromatic heterocycles. The summed E-state index contributed by atoms with van der Waals surface area (Å²) in [7, 11) is 0. The van der Waals surface area contributed by atoms with E-state index in [0.717, 1.165) is 49.5 Å². The van der Waals surface area contributed by atoms with Crippen molar-refractivity contribution in [2.24, 2.45) is 57.2 Å². The van der Waals surface area contributed by atoms with Crippen molar-refractivity contribution in [3.05, 3.63) is 82.9 Å². The van der Waals surface area contributed by atoms with E-state index in [1.165, 1.54) is 37.7 Å². The van der Waals surface area contributed by atoms with Crippen molar-refractivity contribution < 1.29 is 19.5 Å². The lowest BCUT2D eigenvalue weighted by molar-refractivity contribution is -0.216. The summed E-state index contributed by atoms with van der Waals surface area (Å²) in [5, 5.41) is 17.3. The van der Waals surface area contributed by atoms with E-state index < -0.39 is 0 Å². The number of amides is 2. The summed E-state index contributed by atoms with van der Waals surface area (Å²) in [6.07, 6.45) is 12.8. The fraction of sp³-hybridized carbons (Fsp3) is 0.630. The van der Waals surface area contributed by atoms with Gasteiger partial charge in [-0.25, -0.2) is 0 Å². The van der Waals surface area contributed by atoms with Crippen LogP contribution in [0.15, 0.2) is 60.7 Å². The molecule has 0 heterocycles. The first-order valence-corrected chi connectivity index (χ1v) is 20.2. The second kappa shape index (κ2) is 13.9. The number of allylic oxidation sites excluding steroid dienone is 1. The maximum absolute atomic E-state index is 13.9. The molecule has 0 aliphatic heterocycles. The van der Waals surface area contributed by atoms with Crippen LogP contribution < -0.4 is 10.6 Å². The number of nitrogens with one attached hydrogen (secondary N) is 2. The largest absolute Gasteiger partial charge is 0.393 e. The third-order valence-corrected chi connectivity index (χ3v) is 16.1. The van der Waals surface area contributed by atoms with Gasteiger partial charge in [-0.3, -0.25) is 14.4 Å². The number of aliphatic hydroxyl groups is 1. The van der Waals surface area contributed by atoms with E-state index in [1.54, 1.807) is 18.2 Å². The van der Waals surface area contributed by atoms with Gasteiger partial charge in [0.05, 0.1) is 6.10 Å². The second-order valence-corrected chi connectivity index (χ2v) is 19.0. The number of hydrogen-bond acceptors (Lipinski definition) is 4. The van der Waals surface area contributed by atoms with Crippen molar-refractivity contribution in [1.29, 1.82) is 0 Å². The zero-order valence-corrected chi connectivity index (χ0v) is 32.3. The molecule has 5 aliphatic rings. The van der Waals surface area contributed by atoms with Gasteiger partial charge in [-0.2, -0.15) is 0 Å². The molecule has 52 heavy (non-hydrogen) atoms. The molecular formula is C46H62N2O4. The van der Waals surface area contributed by atoms with Crippen LogP contribution >= 0.6 is 0 Å². The Bertz CT molecular complexity index is 1720. The lowest BCUT2D eigenvalue weighted by Crippen LogP contribution is -2.63. The number of carbonyl (C=O) groups is 3. The minimum atomic E-state index is -0.199. The first-order chi connectivity index (χ1) is 24.7. The monoisotopic (exact) mass is 706 g/mol. The molecule has 3 N–H and O–H groups in total. The van der Waals surface area contributed by atoms with Crippen molar-refractivity contribution in [2.45, 2.75) is 124 Å². The first kappa shape index (κ1) is 37.1. The van der Waals surface area contributed by atoms with Gasteiger partial charge in [-0.15, -0.1) is 0 Å². The number of fused-ring (bicyclic) bond motifs is 7. The van der Waals surface area contributed by atoms with Crippen molar-refractivity contribution in [2.75, 3.05) is 0 Å². The third kappa shape index (κ3) is 6.29. The Balaban J connectivity index is 1.03. The number of carbonyl (C=O) groups excluding carboxylic acids is 3. The molecule has 6 nitrogen and oxygen atoms in total. The normalized spacial score (nSPS) is 37.4. The third-order valence-electron chi connectivity index (χ3n) is 16.1. The topological polar surface area (TPSA) is 95.5 Å². The van der Waals surface area contributed by atoms with Gasteiger partial charge in [0.2, 0.25) is 5.91 Å². The molecule has 2 aromatic rings. The molecule has 5 saturated carbocycles. The summed E-state index contributed by atoms with van der Waals surface area (Å²) in [4.78, 5) is 38.0. The summed E-state index contributed by atoms with van der Waals surface area (Å²) < 4.78 is 0. The summed E-state index contributed by atoms with van der Waals surface area (Å²) in [6, 6.07) is 14.7. The number of aldehydes is 1. The van der Waals surface area contributed by atoms with E-state index in [0.29, 0.717) is 71.6 Å². The Morgan fingerprint density at radius 2 is 1.52 bits per heavy atom. The molecule has 10 atom stereocenters. The van der Waals surface area contributed by atoms with Crippen LogP contribution in [-0.4, -0.2) is 29.3 Å². The van der Waals surface area contributed by atoms with Crippen LogP contribution in [0.4, 0.5) is 0 Å². The molecule has 7 rings (SSSR count). The van der Waals surface area contributed by atoms with Gasteiger partial charge >= 0.3 is 0 Å². The Morgan fingerprint density at radius 1 is 0.827 bits per heavy atom. The Labute approximate surface area is 312 Å². The molecule has 6 heteroatoms. The fourth-order valence-corrected chi connectivity index (χ4v) is 13.7. The number of rotatable bonds is 9. The highest BCUT2D eigenvalue weighted by atomic mass is 16.3. The summed E-state index contributed by atoms with van der Waals surface area (Å²) in [6.45, 7) is 17.4. The highest BCUT2D eigenvalue weighted by Gasteiger charge is 2.67. The first-order valence-electron chi connectivity index (χ1n) is 20.2. The van der Waals surface area contributed by atoms with Gasteiger partial charge in [-0.05, 0) is 158 Å². The predicted molar refractivity (Wildman–Crippen MR) is 206 cm³/mol. The van der Waals surface area contributed by atoms with Crippen molar-refractivity contribution >= 4 is 18.1 Å². The summed E-state index contributed by atoms with van der Waals surface area (Å²) in [5.41, 5.74) is 4.77. The van der Waals surface area contributed by atoms with Crippen LogP contribution in [-0.2, 0) is 17.9 Å². The second-order valence-electron chi connectivity index (χ2n) is 19.0. The molecule has 5 aliphatic carbocycles. The highest BCUT2D eigenvalue weighted by molar-refractivity contribution is 5.94. The molecule has 280 valence electrons. The van der Waals surface area contributed by atoms with Crippen LogP contribution in [0.1, 0.15) is 137 Å². The lowest BCUT2D eigenvalue weighted by atomic mass is 9.36. The van der Waals surface area contributed by atoms with Gasteiger partial charge in [-0.1, -0.05) is 70.2 Å². The van der Waals surface area contributed by atoms with Crippen LogP contribution in [0, 0.1) is 57.2 Å². The molecule has 10 unspecified atom stereocenters. The van der Waals surface area contributed by atoms with Crippen LogP contribution in [0.5, 0.6) is 0 Å². The predicted octanol–water partition coefficient (Wildman–Crippen LogP) is 9.06. The number of aliphatic hydroxyl groups excluding tert-OH is 1. The maximum Gasteiger partial charge on any atom is 0.251 e. The van der Waals surface area contributed by atoms with Crippen molar-refractivity contribution in [1.82, 2.24) is 10.6 Å². The van der Waals surface area contributed by atoms with E-state index in [4.69, 9.17) is 0 Å². The van der Waals surface area contributed by atoms with Gasteiger partial charge in [0.1, 0.15) is 6.29 Å². The molecule has 0 spiro atoms. The summed E-state index contributed by atoms with van der Waals surface area (Å²) in [5.74, 6) is 3.49. The van der Waals surface area contributed by atoms with Crippen molar-refractivity contribution in [3.8, 4) is 0 Å². The molecular weight excluding hydrogens is 645 g/mol. The van der Waals surface area contributed by atoms with Crippen LogP contribution in [0.3, 0.4) is 0 Å². The number of hydrogen-bond donors (Lipinski definition) is 3. The van der Waals surface area contributed by atoms with Gasteiger partial charge in [0, 0.05) is 30.6 Å². The average molecular weight is 707 g/mol. The van der Waals surface area contributed by atoms with E-state index in [9.17, 15) is 19.5 Å². The Morgan fingerprint density at radius 3 is 2.27 bits per heavy atom. The fourth-order valence-electron chi connectivity index (χ4n) is 13.7. The molecule has 5 fully saturated rings. The number of benzene rings is 2. The van der Waals surface area contributed by atoms with Gasteiger partial charge in [0.25, 0.3) is 5.91 Å². The smallest absolute Gasteiger partial charge is 0.251 e. The van der Waals surface area contributed by atoms with Gasteiger partial charge in [0.15, 0.2) is 0 Å². The molecule has 0 radical (unpaired) electrons. The highest BCUT2D eigenvalue weighted by Crippen LogP contribution is 2.74. The minimum absolute atomic E-state index is 0.0129. The zero-order chi connectivity index (χ0) is 37.1. The Hall–Kier alpha value is -3.25. The average Bonchev–Trinajstić information content (AvgIpc) is 3.51. The Kier molecular flexibility index (Phi) is 9.89. The maximum atomic E-state index is 13.9. The minimum Gasteiger partial charge on any atom is -0.393 e. The SMILES string of the molecule is C=C(C)C1CCC2(CC(=O)NCc3cccc(C(=O)NCc4cccc(C=O)c4)c3)CCC3C(CCC4C3(C)CCC3C(C)(C)C(O)CCC34C)C12.